The highest BCUT2D eigenvalue weighted by Crippen LogP contribution is 2.11. The maximum atomic E-state index is 4.51. The van der Waals surface area contributed by atoms with Gasteiger partial charge in [-0.3, -0.25) is 4.99 Å². The van der Waals surface area contributed by atoms with Crippen molar-refractivity contribution >= 4 is 6.21 Å². The van der Waals surface area contributed by atoms with Crippen LogP contribution >= 0.6 is 0 Å². The van der Waals surface area contributed by atoms with Crippen molar-refractivity contribution < 1.29 is 0 Å². The van der Waals surface area contributed by atoms with E-state index in [4.69, 9.17) is 0 Å². The number of hydrogen-bond donors (Lipinski definition) is 1. The molecular formula is C15H24N2. The monoisotopic (exact) mass is 232 g/mol. The predicted molar refractivity (Wildman–Crippen MR) is 75.8 cm³/mol. The third-order valence-corrected chi connectivity index (χ3v) is 2.86. The normalized spacial score (nSPS) is 16.6. The summed E-state index contributed by atoms with van der Waals surface area (Å²) in [6.45, 7) is 7.30. The first kappa shape index (κ1) is 13.9. The molecule has 0 atom stereocenters. The van der Waals surface area contributed by atoms with E-state index in [0.29, 0.717) is 0 Å². The summed E-state index contributed by atoms with van der Waals surface area (Å²) in [6, 6.07) is 10.3. The van der Waals surface area contributed by atoms with Gasteiger partial charge in [0.1, 0.15) is 0 Å². The Morgan fingerprint density at radius 2 is 1.82 bits per heavy atom. The smallest absolute Gasteiger partial charge is 0.0418 e. The van der Waals surface area contributed by atoms with Crippen LogP contribution in [0, 0.1) is 5.92 Å². The van der Waals surface area contributed by atoms with Crippen LogP contribution in [0.25, 0.3) is 0 Å². The van der Waals surface area contributed by atoms with E-state index in [1.165, 1.54) is 18.4 Å². The summed E-state index contributed by atoms with van der Waals surface area (Å²) in [6.07, 6.45) is 4.53. The van der Waals surface area contributed by atoms with Gasteiger partial charge in [0.2, 0.25) is 0 Å². The lowest BCUT2D eigenvalue weighted by Crippen LogP contribution is -2.28. The van der Waals surface area contributed by atoms with Crippen LogP contribution in [0.15, 0.2) is 35.3 Å². The van der Waals surface area contributed by atoms with Gasteiger partial charge in [0, 0.05) is 12.8 Å². The van der Waals surface area contributed by atoms with Crippen LogP contribution in [0.1, 0.15) is 32.3 Å². The van der Waals surface area contributed by atoms with Gasteiger partial charge in [-0.1, -0.05) is 44.2 Å². The van der Waals surface area contributed by atoms with Gasteiger partial charge in [0.05, 0.1) is 0 Å². The average molecular weight is 232 g/mol. The summed E-state index contributed by atoms with van der Waals surface area (Å²) in [5.41, 5.74) is 1.20. The fourth-order valence-corrected chi connectivity index (χ4v) is 1.91. The molecule has 1 heterocycles. The summed E-state index contributed by atoms with van der Waals surface area (Å²) < 4.78 is 0. The minimum atomic E-state index is 0.784. The highest BCUT2D eigenvalue weighted by atomic mass is 14.9. The zero-order valence-corrected chi connectivity index (χ0v) is 11.0. The summed E-state index contributed by atoms with van der Waals surface area (Å²) in [5.74, 6) is 0.784. The Morgan fingerprint density at radius 3 is 2.47 bits per heavy atom. The fourth-order valence-electron chi connectivity index (χ4n) is 1.91. The highest BCUT2D eigenvalue weighted by molar-refractivity contribution is 5.79. The first-order valence-corrected chi connectivity index (χ1v) is 6.71. The molecule has 2 nitrogen and oxygen atoms in total. The van der Waals surface area contributed by atoms with E-state index >= 15 is 0 Å². The van der Waals surface area contributed by atoms with Crippen LogP contribution in [0.5, 0.6) is 0 Å². The number of piperidine rings is 1. The van der Waals surface area contributed by atoms with Crippen molar-refractivity contribution in [2.45, 2.75) is 26.7 Å². The van der Waals surface area contributed by atoms with Crippen LogP contribution in [0.2, 0.25) is 0 Å². The molecule has 0 radical (unpaired) electrons. The van der Waals surface area contributed by atoms with Crippen molar-refractivity contribution in [3.05, 3.63) is 35.9 Å². The molecule has 1 fully saturated rings. The third kappa shape index (κ3) is 5.64. The lowest BCUT2D eigenvalue weighted by atomic mass is 9.98. The van der Waals surface area contributed by atoms with E-state index in [9.17, 15) is 0 Å². The van der Waals surface area contributed by atoms with E-state index in [2.05, 4.69) is 22.4 Å². The second kappa shape index (κ2) is 8.94. The minimum absolute atomic E-state index is 0.784. The Bertz CT molecular complexity index is 300. The van der Waals surface area contributed by atoms with Crippen molar-refractivity contribution in [3.63, 3.8) is 0 Å². The average Bonchev–Trinajstić information content (AvgIpc) is 2.43. The second-order valence-corrected chi connectivity index (χ2v) is 4.10. The molecule has 0 aromatic heterocycles. The van der Waals surface area contributed by atoms with Crippen LogP contribution in [0.4, 0.5) is 0 Å². The first-order chi connectivity index (χ1) is 8.45. The molecule has 0 aliphatic carbocycles. The molecule has 94 valence electrons. The Labute approximate surface area is 105 Å². The molecule has 0 spiro atoms. The molecular weight excluding hydrogens is 208 g/mol. The van der Waals surface area contributed by atoms with Crippen molar-refractivity contribution in [2.75, 3.05) is 19.6 Å². The Hall–Kier alpha value is -1.15. The highest BCUT2D eigenvalue weighted by Gasteiger charge is 2.11. The molecule has 0 bridgehead atoms. The Kier molecular flexibility index (Phi) is 7.32. The first-order valence-electron chi connectivity index (χ1n) is 6.71. The molecule has 1 saturated heterocycles. The van der Waals surface area contributed by atoms with Crippen LogP contribution in [0.3, 0.4) is 0 Å². The standard InChI is InChI=1S/C13H18N2.C2H6/c1-2-4-12(5-3-1)10-15-11-13-6-8-14-9-7-13;1-2/h1-5,10,13-14H,6-9,11H2;1-2H3. The molecule has 0 amide bonds. The second-order valence-electron chi connectivity index (χ2n) is 4.10. The van der Waals surface area contributed by atoms with E-state index < -0.39 is 0 Å². The molecule has 1 aromatic carbocycles. The number of nitrogens with zero attached hydrogens (tertiary/aromatic N) is 1. The topological polar surface area (TPSA) is 24.4 Å². The lowest BCUT2D eigenvalue weighted by molar-refractivity contribution is 0.383. The van der Waals surface area contributed by atoms with Gasteiger partial charge in [0.25, 0.3) is 0 Å². The molecule has 0 unspecified atom stereocenters. The lowest BCUT2D eigenvalue weighted by Gasteiger charge is -2.20. The predicted octanol–water partition coefficient (Wildman–Crippen LogP) is 3.13. The molecule has 1 N–H and O–H groups in total. The maximum Gasteiger partial charge on any atom is 0.0418 e. The molecule has 17 heavy (non-hydrogen) atoms. The summed E-state index contributed by atoms with van der Waals surface area (Å²) in [7, 11) is 0. The number of benzene rings is 1. The quantitative estimate of drug-likeness (QED) is 0.796. The van der Waals surface area contributed by atoms with Gasteiger partial charge in [0.15, 0.2) is 0 Å². The van der Waals surface area contributed by atoms with E-state index in [0.717, 1.165) is 25.6 Å². The van der Waals surface area contributed by atoms with Gasteiger partial charge in [-0.05, 0) is 37.4 Å². The summed E-state index contributed by atoms with van der Waals surface area (Å²) >= 11 is 0. The summed E-state index contributed by atoms with van der Waals surface area (Å²) in [4.78, 5) is 4.51. The molecule has 1 aliphatic rings. The Morgan fingerprint density at radius 1 is 1.18 bits per heavy atom. The van der Waals surface area contributed by atoms with Gasteiger partial charge < -0.3 is 5.32 Å². The van der Waals surface area contributed by atoms with Crippen molar-refractivity contribution in [2.24, 2.45) is 10.9 Å². The van der Waals surface area contributed by atoms with Crippen LogP contribution in [-0.4, -0.2) is 25.8 Å². The summed E-state index contributed by atoms with van der Waals surface area (Å²) in [5, 5.41) is 3.37. The van der Waals surface area contributed by atoms with Gasteiger partial charge in [-0.25, -0.2) is 0 Å². The largest absolute Gasteiger partial charge is 0.317 e. The Balaban J connectivity index is 0.000000686. The van der Waals surface area contributed by atoms with Gasteiger partial charge in [-0.2, -0.15) is 0 Å². The number of rotatable bonds is 3. The number of hydrogen-bond acceptors (Lipinski definition) is 2. The minimum Gasteiger partial charge on any atom is -0.317 e. The molecule has 2 rings (SSSR count). The van der Waals surface area contributed by atoms with Crippen LogP contribution in [-0.2, 0) is 0 Å². The van der Waals surface area contributed by atoms with Crippen molar-refractivity contribution in [1.82, 2.24) is 5.32 Å². The molecule has 1 aliphatic heterocycles. The molecule has 2 heteroatoms. The van der Waals surface area contributed by atoms with Gasteiger partial charge >= 0.3 is 0 Å². The number of aliphatic imine (C=N–C) groups is 1. The van der Waals surface area contributed by atoms with Crippen molar-refractivity contribution in [3.8, 4) is 0 Å². The van der Waals surface area contributed by atoms with E-state index in [1.807, 2.05) is 38.3 Å². The SMILES string of the molecule is C(=NCC1CCNCC1)c1ccccc1.CC. The van der Waals surface area contributed by atoms with Crippen LogP contribution < -0.4 is 5.32 Å². The van der Waals surface area contributed by atoms with Crippen molar-refractivity contribution in [1.29, 1.82) is 0 Å². The van der Waals surface area contributed by atoms with Gasteiger partial charge in [-0.15, -0.1) is 0 Å². The zero-order chi connectivity index (χ0) is 12.3. The molecule has 1 aromatic rings. The fraction of sp³-hybridized carbons (Fsp3) is 0.533. The number of nitrogens with one attached hydrogen (secondary N) is 1. The third-order valence-electron chi connectivity index (χ3n) is 2.86. The van der Waals surface area contributed by atoms with E-state index in [1.54, 1.807) is 0 Å². The molecule has 0 saturated carbocycles. The van der Waals surface area contributed by atoms with E-state index in [-0.39, 0.29) is 0 Å². The zero-order valence-electron chi connectivity index (χ0n) is 11.0. The maximum absolute atomic E-state index is 4.51.